The van der Waals surface area contributed by atoms with Crippen LogP contribution in [0.2, 0.25) is 0 Å². The van der Waals surface area contributed by atoms with Crippen molar-refractivity contribution in [2.75, 3.05) is 0 Å². The second kappa shape index (κ2) is 14.5. The largest absolute Gasteiger partial charge is 0.456 e. The van der Waals surface area contributed by atoms with Gasteiger partial charge in [0, 0.05) is 27.5 Å². The van der Waals surface area contributed by atoms with E-state index in [0.29, 0.717) is 17.5 Å². The van der Waals surface area contributed by atoms with Crippen LogP contribution in [0.25, 0.3) is 89.5 Å². The van der Waals surface area contributed by atoms with Crippen molar-refractivity contribution in [1.29, 1.82) is 0 Å². The maximum absolute atomic E-state index is 6.74. The molecule has 0 N–H and O–H groups in total. The van der Waals surface area contributed by atoms with Crippen LogP contribution >= 0.6 is 0 Å². The minimum Gasteiger partial charge on any atom is -0.456 e. The van der Waals surface area contributed by atoms with Crippen molar-refractivity contribution in [2.45, 2.75) is 5.41 Å². The summed E-state index contributed by atoms with van der Waals surface area (Å²) in [4.78, 5) is 15.5. The fraction of sp³-hybridized carbons (Fsp3) is 0.0172. The molecule has 290 valence electrons. The van der Waals surface area contributed by atoms with Gasteiger partial charge in [-0.1, -0.05) is 182 Å². The van der Waals surface area contributed by atoms with Crippen molar-refractivity contribution in [3.63, 3.8) is 0 Å². The normalized spacial score (nSPS) is 12.6. The predicted octanol–water partition coefficient (Wildman–Crippen LogP) is 14.5. The molecule has 0 radical (unpaired) electrons. The van der Waals surface area contributed by atoms with Crippen LogP contribution in [-0.2, 0) is 5.41 Å². The summed E-state index contributed by atoms with van der Waals surface area (Å²) in [7, 11) is 0. The van der Waals surface area contributed by atoms with Crippen LogP contribution in [0.3, 0.4) is 0 Å². The van der Waals surface area contributed by atoms with E-state index in [4.69, 9.17) is 19.4 Å². The molecule has 0 aliphatic heterocycles. The summed E-state index contributed by atoms with van der Waals surface area (Å²) >= 11 is 0. The summed E-state index contributed by atoms with van der Waals surface area (Å²) < 4.78 is 6.74. The molecule has 2 heterocycles. The van der Waals surface area contributed by atoms with E-state index in [0.717, 1.165) is 66.4 Å². The third-order valence-corrected chi connectivity index (χ3v) is 12.4. The van der Waals surface area contributed by atoms with Gasteiger partial charge in [-0.25, -0.2) is 15.0 Å². The Labute approximate surface area is 359 Å². The number of hydrogen-bond acceptors (Lipinski definition) is 4. The lowest BCUT2D eigenvalue weighted by Gasteiger charge is -2.33. The molecule has 4 nitrogen and oxygen atoms in total. The molecular weight excluding hydrogens is 755 g/mol. The Bertz CT molecular complexity index is 3350. The van der Waals surface area contributed by atoms with Crippen LogP contribution in [0.4, 0.5) is 0 Å². The van der Waals surface area contributed by atoms with Crippen molar-refractivity contribution in [3.8, 4) is 67.5 Å². The van der Waals surface area contributed by atoms with Gasteiger partial charge in [-0.05, 0) is 98.1 Å². The van der Waals surface area contributed by atoms with E-state index in [1.807, 2.05) is 48.5 Å². The molecular formula is C58H37N3O. The van der Waals surface area contributed by atoms with Crippen molar-refractivity contribution in [1.82, 2.24) is 15.0 Å². The zero-order valence-electron chi connectivity index (χ0n) is 33.6. The van der Waals surface area contributed by atoms with Crippen LogP contribution in [0, 0.1) is 0 Å². The van der Waals surface area contributed by atoms with E-state index in [1.165, 1.54) is 27.8 Å². The third kappa shape index (κ3) is 5.80. The summed E-state index contributed by atoms with van der Waals surface area (Å²) in [6, 6.07) is 79.2. The molecule has 1 aliphatic carbocycles. The van der Waals surface area contributed by atoms with Crippen LogP contribution in [0.15, 0.2) is 229 Å². The van der Waals surface area contributed by atoms with Crippen LogP contribution in [0.5, 0.6) is 0 Å². The van der Waals surface area contributed by atoms with E-state index < -0.39 is 5.41 Å². The van der Waals surface area contributed by atoms with Gasteiger partial charge >= 0.3 is 0 Å². The van der Waals surface area contributed by atoms with E-state index in [2.05, 4.69) is 176 Å². The fourth-order valence-electron chi connectivity index (χ4n) is 9.56. The highest BCUT2D eigenvalue weighted by atomic mass is 16.3. The number of hydrogen-bond donors (Lipinski definition) is 0. The maximum atomic E-state index is 6.74. The molecule has 0 saturated heterocycles. The van der Waals surface area contributed by atoms with Crippen molar-refractivity contribution >= 4 is 21.9 Å². The van der Waals surface area contributed by atoms with E-state index in [-0.39, 0.29) is 0 Å². The molecule has 0 amide bonds. The molecule has 0 unspecified atom stereocenters. The zero-order chi connectivity index (χ0) is 41.0. The summed E-state index contributed by atoms with van der Waals surface area (Å²) in [6.45, 7) is 0. The van der Waals surface area contributed by atoms with Gasteiger partial charge in [-0.3, -0.25) is 0 Å². The van der Waals surface area contributed by atoms with Crippen LogP contribution in [-0.4, -0.2) is 15.0 Å². The zero-order valence-corrected chi connectivity index (χ0v) is 33.6. The first-order chi connectivity index (χ1) is 30.7. The number of rotatable bonds is 7. The highest BCUT2D eigenvalue weighted by Crippen LogP contribution is 2.56. The lowest BCUT2D eigenvalue weighted by molar-refractivity contribution is 0.665. The van der Waals surface area contributed by atoms with Crippen molar-refractivity contribution in [3.05, 3.63) is 247 Å². The first kappa shape index (κ1) is 35.7. The Balaban J connectivity index is 1.02. The van der Waals surface area contributed by atoms with Crippen molar-refractivity contribution < 1.29 is 4.42 Å². The van der Waals surface area contributed by atoms with Gasteiger partial charge in [-0.15, -0.1) is 0 Å². The monoisotopic (exact) mass is 791 g/mol. The number of furan rings is 1. The second-order valence-electron chi connectivity index (χ2n) is 15.9. The number of nitrogens with zero attached hydrogens (tertiary/aromatic N) is 3. The van der Waals surface area contributed by atoms with Gasteiger partial charge in [0.15, 0.2) is 17.5 Å². The van der Waals surface area contributed by atoms with Gasteiger partial charge in [0.2, 0.25) is 0 Å². The van der Waals surface area contributed by atoms with Gasteiger partial charge in [-0.2, -0.15) is 0 Å². The minimum absolute atomic E-state index is 0.514. The summed E-state index contributed by atoms with van der Waals surface area (Å²) in [6.07, 6.45) is 0. The first-order valence-electron chi connectivity index (χ1n) is 21.0. The number of fused-ring (bicyclic) bond motifs is 6. The highest BCUT2D eigenvalue weighted by Gasteiger charge is 2.46. The molecule has 4 heteroatoms. The molecule has 0 saturated carbocycles. The minimum atomic E-state index is -0.514. The Kier molecular flexibility index (Phi) is 8.36. The molecule has 0 atom stereocenters. The Morgan fingerprint density at radius 1 is 0.290 bits per heavy atom. The molecule has 11 aromatic rings. The molecule has 1 aliphatic rings. The lowest BCUT2D eigenvalue weighted by atomic mass is 9.67. The highest BCUT2D eigenvalue weighted by molar-refractivity contribution is 6.06. The summed E-state index contributed by atoms with van der Waals surface area (Å²) in [5.74, 6) is 1.81. The summed E-state index contributed by atoms with van der Waals surface area (Å²) in [5, 5.41) is 2.04. The molecule has 0 spiro atoms. The maximum Gasteiger partial charge on any atom is 0.164 e. The lowest BCUT2D eigenvalue weighted by Crippen LogP contribution is -2.28. The SMILES string of the molecule is c1ccc(-c2cc(-c3ccccc3)cc(-c3nc(-c4ccccc4)nc(-c4ccc5oc6cc(C7(c8ccccc8)c8ccccc8-c8ccccc87)ccc6c5c4)n3)c2)cc1. The van der Waals surface area contributed by atoms with Crippen LogP contribution in [0.1, 0.15) is 22.3 Å². The topological polar surface area (TPSA) is 51.8 Å². The standard InChI is InChI=1S/C58H37N3O/c1-5-17-38(18-6-1)42-33-43(39-19-7-2-8-20-39)35-44(34-42)57-60-55(40-21-9-3-10-22-40)59-56(61-57)41-29-32-53-50(36-41)49-31-30-46(37-54(49)62-53)58(45-23-11-4-12-24-45)51-27-15-13-25-47(51)48-26-14-16-28-52(48)58/h1-37H. The van der Waals surface area contributed by atoms with E-state index in [1.54, 1.807) is 0 Å². The molecule has 62 heavy (non-hydrogen) atoms. The van der Waals surface area contributed by atoms with E-state index >= 15 is 0 Å². The Morgan fingerprint density at radius 2 is 0.774 bits per heavy atom. The molecule has 0 bridgehead atoms. The Morgan fingerprint density at radius 3 is 1.37 bits per heavy atom. The number of benzene rings is 9. The third-order valence-electron chi connectivity index (χ3n) is 12.4. The molecule has 2 aromatic heterocycles. The fourth-order valence-corrected chi connectivity index (χ4v) is 9.56. The number of aromatic nitrogens is 3. The van der Waals surface area contributed by atoms with Gasteiger partial charge in [0.05, 0.1) is 5.41 Å². The van der Waals surface area contributed by atoms with Gasteiger partial charge < -0.3 is 4.42 Å². The van der Waals surface area contributed by atoms with Gasteiger partial charge in [0.25, 0.3) is 0 Å². The van der Waals surface area contributed by atoms with E-state index in [9.17, 15) is 0 Å². The first-order valence-corrected chi connectivity index (χ1v) is 21.0. The predicted molar refractivity (Wildman–Crippen MR) is 252 cm³/mol. The van der Waals surface area contributed by atoms with Gasteiger partial charge in [0.1, 0.15) is 11.2 Å². The molecule has 12 rings (SSSR count). The summed E-state index contributed by atoms with van der Waals surface area (Å²) in [5.41, 5.74) is 15.7. The smallest absolute Gasteiger partial charge is 0.164 e. The van der Waals surface area contributed by atoms with Crippen LogP contribution < -0.4 is 0 Å². The quantitative estimate of drug-likeness (QED) is 0.161. The molecule has 0 fully saturated rings. The average Bonchev–Trinajstić information content (AvgIpc) is 3.88. The van der Waals surface area contributed by atoms with Crippen molar-refractivity contribution in [2.24, 2.45) is 0 Å². The second-order valence-corrected chi connectivity index (χ2v) is 15.9. The average molecular weight is 792 g/mol. The molecule has 9 aromatic carbocycles. The Hall–Kier alpha value is -8.21.